The van der Waals surface area contributed by atoms with Crippen molar-refractivity contribution in [3.63, 3.8) is 0 Å². The lowest BCUT2D eigenvalue weighted by Gasteiger charge is -2.08. The van der Waals surface area contributed by atoms with Gasteiger partial charge in [0.25, 0.3) is 0 Å². The van der Waals surface area contributed by atoms with E-state index in [1.54, 1.807) is 0 Å². The van der Waals surface area contributed by atoms with Crippen molar-refractivity contribution in [3.05, 3.63) is 17.5 Å². The molecule has 1 aromatic heterocycles. The Hall–Kier alpha value is -0.880. The molecule has 19 heavy (non-hydrogen) atoms. The van der Waals surface area contributed by atoms with E-state index in [-0.39, 0.29) is 5.75 Å². The number of sulfone groups is 1. The Morgan fingerprint density at radius 2 is 2.11 bits per heavy atom. The molecule has 1 heterocycles. The van der Waals surface area contributed by atoms with E-state index in [2.05, 4.69) is 24.3 Å². The maximum absolute atomic E-state index is 11.1. The van der Waals surface area contributed by atoms with E-state index in [4.69, 9.17) is 0 Å². The van der Waals surface area contributed by atoms with Crippen LogP contribution in [0.1, 0.15) is 31.5 Å². The predicted octanol–water partition coefficient (Wildman–Crippen LogP) is 1.37. The molecule has 0 radical (unpaired) electrons. The summed E-state index contributed by atoms with van der Waals surface area (Å²) in [5.74, 6) is 0.845. The standard InChI is InChI=1S/C13H25N3O2S/c1-11(2)8-14-9-13-10-15-16(12(13)3)6-5-7-19(4,17)18/h10-11,14H,5-9H2,1-4H3. The van der Waals surface area contributed by atoms with E-state index < -0.39 is 9.84 Å². The molecule has 1 N–H and O–H groups in total. The van der Waals surface area contributed by atoms with E-state index in [1.807, 2.05) is 17.8 Å². The van der Waals surface area contributed by atoms with Gasteiger partial charge in [0.05, 0.1) is 11.9 Å². The van der Waals surface area contributed by atoms with Gasteiger partial charge in [0.15, 0.2) is 0 Å². The summed E-state index contributed by atoms with van der Waals surface area (Å²) in [6, 6.07) is 0. The molecule has 0 aliphatic heterocycles. The minimum Gasteiger partial charge on any atom is -0.312 e. The molecule has 0 aliphatic carbocycles. The van der Waals surface area contributed by atoms with E-state index in [1.165, 1.54) is 11.8 Å². The second-order valence-electron chi connectivity index (χ2n) is 5.49. The van der Waals surface area contributed by atoms with Crippen LogP contribution in [0.15, 0.2) is 6.20 Å². The molecule has 0 aliphatic rings. The van der Waals surface area contributed by atoms with Crippen LogP contribution in [0.3, 0.4) is 0 Å². The topological polar surface area (TPSA) is 64.0 Å². The Kier molecular flexibility index (Phi) is 6.00. The molecule has 0 saturated heterocycles. The molecule has 110 valence electrons. The molecule has 5 nitrogen and oxygen atoms in total. The summed E-state index contributed by atoms with van der Waals surface area (Å²) in [5.41, 5.74) is 2.30. The second kappa shape index (κ2) is 7.05. The zero-order valence-corrected chi connectivity index (χ0v) is 13.1. The lowest BCUT2D eigenvalue weighted by molar-refractivity contribution is 0.548. The van der Waals surface area contributed by atoms with E-state index in [0.29, 0.717) is 18.9 Å². The van der Waals surface area contributed by atoms with Gasteiger partial charge in [-0.3, -0.25) is 4.68 Å². The molecule has 1 rings (SSSR count). The van der Waals surface area contributed by atoms with Crippen molar-refractivity contribution in [1.82, 2.24) is 15.1 Å². The number of rotatable bonds is 8. The first-order valence-electron chi connectivity index (χ1n) is 6.69. The number of hydrogen-bond acceptors (Lipinski definition) is 4. The fourth-order valence-corrected chi connectivity index (χ4v) is 2.51. The summed E-state index contributed by atoms with van der Waals surface area (Å²) in [4.78, 5) is 0. The van der Waals surface area contributed by atoms with Gasteiger partial charge in [-0.05, 0) is 25.8 Å². The monoisotopic (exact) mass is 287 g/mol. The van der Waals surface area contributed by atoms with Crippen molar-refractivity contribution < 1.29 is 8.42 Å². The third-order valence-corrected chi connectivity index (χ3v) is 3.99. The van der Waals surface area contributed by atoms with Gasteiger partial charge in [-0.25, -0.2) is 8.42 Å². The molecule has 1 aromatic rings. The first kappa shape index (κ1) is 16.2. The SMILES string of the molecule is Cc1c(CNCC(C)C)cnn1CCCS(C)(=O)=O. The Bertz CT molecular complexity index is 492. The molecular formula is C13H25N3O2S. The molecule has 0 aromatic carbocycles. The lowest BCUT2D eigenvalue weighted by Crippen LogP contribution is -2.19. The summed E-state index contributed by atoms with van der Waals surface area (Å²) in [6.45, 7) is 8.83. The summed E-state index contributed by atoms with van der Waals surface area (Å²) in [6.07, 6.45) is 3.74. The zero-order valence-electron chi connectivity index (χ0n) is 12.3. The highest BCUT2D eigenvalue weighted by Gasteiger charge is 2.08. The molecule has 0 fully saturated rings. The maximum atomic E-state index is 11.1. The summed E-state index contributed by atoms with van der Waals surface area (Å²) in [5, 5.41) is 7.70. The van der Waals surface area contributed by atoms with Crippen molar-refractivity contribution in [2.45, 2.75) is 40.3 Å². The van der Waals surface area contributed by atoms with Crippen molar-refractivity contribution in [2.24, 2.45) is 5.92 Å². The number of nitrogens with zero attached hydrogens (tertiary/aromatic N) is 2. The van der Waals surface area contributed by atoms with Crippen LogP contribution in [-0.4, -0.2) is 36.8 Å². The largest absolute Gasteiger partial charge is 0.312 e. The smallest absolute Gasteiger partial charge is 0.147 e. The van der Waals surface area contributed by atoms with E-state index in [9.17, 15) is 8.42 Å². The normalized spacial score (nSPS) is 12.3. The number of hydrogen-bond donors (Lipinski definition) is 1. The van der Waals surface area contributed by atoms with Gasteiger partial charge in [-0.2, -0.15) is 5.10 Å². The lowest BCUT2D eigenvalue weighted by atomic mass is 10.2. The van der Waals surface area contributed by atoms with Gasteiger partial charge in [-0.1, -0.05) is 13.8 Å². The number of aromatic nitrogens is 2. The highest BCUT2D eigenvalue weighted by atomic mass is 32.2. The fraction of sp³-hybridized carbons (Fsp3) is 0.769. The number of aryl methyl sites for hydroxylation is 1. The van der Waals surface area contributed by atoms with Crippen LogP contribution in [0.4, 0.5) is 0 Å². The third-order valence-electron chi connectivity index (χ3n) is 2.96. The van der Waals surface area contributed by atoms with Crippen LogP contribution >= 0.6 is 0 Å². The Morgan fingerprint density at radius 3 is 2.68 bits per heavy atom. The third kappa shape index (κ3) is 6.20. The number of nitrogens with one attached hydrogen (secondary N) is 1. The van der Waals surface area contributed by atoms with Crippen LogP contribution in [0.5, 0.6) is 0 Å². The first-order chi connectivity index (χ1) is 8.79. The molecule has 0 unspecified atom stereocenters. The van der Waals surface area contributed by atoms with Gasteiger partial charge in [0.1, 0.15) is 9.84 Å². The molecule has 0 atom stereocenters. The molecule has 0 bridgehead atoms. The van der Waals surface area contributed by atoms with Gasteiger partial charge in [-0.15, -0.1) is 0 Å². The molecule has 0 saturated carbocycles. The average molecular weight is 287 g/mol. The fourth-order valence-electron chi connectivity index (χ4n) is 1.86. The highest BCUT2D eigenvalue weighted by Crippen LogP contribution is 2.08. The second-order valence-corrected chi connectivity index (χ2v) is 7.75. The summed E-state index contributed by atoms with van der Waals surface area (Å²) < 4.78 is 24.0. The van der Waals surface area contributed by atoms with Crippen LogP contribution in [0, 0.1) is 12.8 Å². The summed E-state index contributed by atoms with van der Waals surface area (Å²) in [7, 11) is -2.88. The van der Waals surface area contributed by atoms with E-state index in [0.717, 1.165) is 18.8 Å². The molecular weight excluding hydrogens is 262 g/mol. The van der Waals surface area contributed by atoms with Crippen molar-refractivity contribution in [2.75, 3.05) is 18.6 Å². The average Bonchev–Trinajstić information content (AvgIpc) is 2.59. The minimum absolute atomic E-state index is 0.216. The zero-order chi connectivity index (χ0) is 14.5. The van der Waals surface area contributed by atoms with Gasteiger partial charge in [0, 0.05) is 30.6 Å². The van der Waals surface area contributed by atoms with Crippen molar-refractivity contribution >= 4 is 9.84 Å². The Labute approximate surface area is 116 Å². The molecule has 0 spiro atoms. The van der Waals surface area contributed by atoms with Crippen LogP contribution < -0.4 is 5.32 Å². The first-order valence-corrected chi connectivity index (χ1v) is 8.75. The van der Waals surface area contributed by atoms with Crippen LogP contribution in [-0.2, 0) is 22.9 Å². The van der Waals surface area contributed by atoms with Crippen LogP contribution in [0.2, 0.25) is 0 Å². The van der Waals surface area contributed by atoms with Gasteiger partial charge in [0.2, 0.25) is 0 Å². The van der Waals surface area contributed by atoms with Crippen molar-refractivity contribution in [3.8, 4) is 0 Å². The summed E-state index contributed by atoms with van der Waals surface area (Å²) >= 11 is 0. The van der Waals surface area contributed by atoms with Crippen LogP contribution in [0.25, 0.3) is 0 Å². The predicted molar refractivity (Wildman–Crippen MR) is 77.8 cm³/mol. The Morgan fingerprint density at radius 1 is 1.42 bits per heavy atom. The molecule has 6 heteroatoms. The van der Waals surface area contributed by atoms with Gasteiger partial charge >= 0.3 is 0 Å². The minimum atomic E-state index is -2.88. The highest BCUT2D eigenvalue weighted by molar-refractivity contribution is 7.90. The van der Waals surface area contributed by atoms with Gasteiger partial charge < -0.3 is 5.32 Å². The van der Waals surface area contributed by atoms with E-state index >= 15 is 0 Å². The maximum Gasteiger partial charge on any atom is 0.147 e. The quantitative estimate of drug-likeness (QED) is 0.784. The molecule has 0 amide bonds. The Balaban J connectivity index is 2.46. The van der Waals surface area contributed by atoms with Crippen molar-refractivity contribution in [1.29, 1.82) is 0 Å².